The van der Waals surface area contributed by atoms with Crippen molar-refractivity contribution in [2.75, 3.05) is 19.0 Å². The van der Waals surface area contributed by atoms with Gasteiger partial charge in [0.1, 0.15) is 6.04 Å². The summed E-state index contributed by atoms with van der Waals surface area (Å²) in [5, 5.41) is 1.97. The Bertz CT molecular complexity index is 716. The van der Waals surface area contributed by atoms with E-state index in [0.29, 0.717) is 5.56 Å². The number of benzene rings is 2. The monoisotopic (exact) mass is 268 g/mol. The van der Waals surface area contributed by atoms with Gasteiger partial charge in [0.05, 0.1) is 5.69 Å². The fourth-order valence-electron chi connectivity index (χ4n) is 2.81. The summed E-state index contributed by atoms with van der Waals surface area (Å²) >= 11 is 0. The smallest absolute Gasteiger partial charge is 0.259 e. The number of likely N-dealkylation sites (N-methyl/N-ethyl adjacent to an activating group) is 1. The zero-order chi connectivity index (χ0) is 14.4. The first kappa shape index (κ1) is 12.7. The fraction of sp³-hybridized carbons (Fsp3) is 0.250. The van der Waals surface area contributed by atoms with E-state index in [2.05, 4.69) is 0 Å². The summed E-state index contributed by atoms with van der Waals surface area (Å²) in [5.74, 6) is -0.178. The maximum absolute atomic E-state index is 12.6. The lowest BCUT2D eigenvalue weighted by Crippen LogP contribution is -2.46. The fourth-order valence-corrected chi connectivity index (χ4v) is 2.81. The van der Waals surface area contributed by atoms with Gasteiger partial charge in [-0.1, -0.05) is 24.3 Å². The maximum atomic E-state index is 12.6. The first-order valence-corrected chi connectivity index (χ1v) is 6.59. The molecule has 0 bridgehead atoms. The second-order valence-corrected chi connectivity index (χ2v) is 5.26. The standard InChI is InChI=1S/C16H16N2O2/c1-10(15(19)17(2)3)18-13-9-5-7-11-6-4-8-12(14(11)13)16(18)20/h4-10H,1-3H3/t10-/m1/s1. The minimum Gasteiger partial charge on any atom is -0.347 e. The predicted octanol–water partition coefficient (Wildman–Crippen LogP) is 2.28. The Balaban J connectivity index is 2.16. The Morgan fingerprint density at radius 1 is 1.15 bits per heavy atom. The Hall–Kier alpha value is -2.36. The number of rotatable bonds is 2. The van der Waals surface area contributed by atoms with Gasteiger partial charge in [0, 0.05) is 25.0 Å². The van der Waals surface area contributed by atoms with Crippen molar-refractivity contribution in [1.82, 2.24) is 4.90 Å². The summed E-state index contributed by atoms with van der Waals surface area (Å²) in [6.45, 7) is 1.77. The van der Waals surface area contributed by atoms with E-state index in [9.17, 15) is 9.59 Å². The number of hydrogen-bond acceptors (Lipinski definition) is 2. The molecule has 0 saturated heterocycles. The molecule has 0 aromatic heterocycles. The van der Waals surface area contributed by atoms with Crippen LogP contribution in [0.5, 0.6) is 0 Å². The molecule has 0 spiro atoms. The lowest BCUT2D eigenvalue weighted by Gasteiger charge is -2.27. The van der Waals surface area contributed by atoms with Crippen LogP contribution in [-0.4, -0.2) is 36.9 Å². The van der Waals surface area contributed by atoms with E-state index in [4.69, 9.17) is 0 Å². The average molecular weight is 268 g/mol. The third kappa shape index (κ3) is 1.61. The normalized spacial score (nSPS) is 14.8. The molecule has 0 radical (unpaired) electrons. The third-order valence-corrected chi connectivity index (χ3v) is 3.78. The molecule has 2 aromatic rings. The molecule has 0 fully saturated rings. The van der Waals surface area contributed by atoms with Crippen molar-refractivity contribution in [1.29, 1.82) is 0 Å². The minimum atomic E-state index is -0.504. The summed E-state index contributed by atoms with van der Waals surface area (Å²) in [5.41, 5.74) is 1.50. The van der Waals surface area contributed by atoms with Crippen LogP contribution in [0.4, 0.5) is 5.69 Å². The van der Waals surface area contributed by atoms with Crippen LogP contribution in [0, 0.1) is 0 Å². The molecule has 1 aliphatic rings. The first-order chi connectivity index (χ1) is 9.52. The molecule has 0 N–H and O–H groups in total. The van der Waals surface area contributed by atoms with Crippen molar-refractivity contribution in [3.63, 3.8) is 0 Å². The highest BCUT2D eigenvalue weighted by molar-refractivity contribution is 6.26. The van der Waals surface area contributed by atoms with Crippen LogP contribution < -0.4 is 4.90 Å². The van der Waals surface area contributed by atoms with E-state index in [1.54, 1.807) is 25.9 Å². The van der Waals surface area contributed by atoms with E-state index in [1.807, 2.05) is 36.4 Å². The van der Waals surface area contributed by atoms with Crippen LogP contribution in [-0.2, 0) is 4.79 Å². The molecule has 2 aromatic carbocycles. The van der Waals surface area contributed by atoms with Gasteiger partial charge >= 0.3 is 0 Å². The summed E-state index contributed by atoms with van der Waals surface area (Å²) in [4.78, 5) is 27.9. The van der Waals surface area contributed by atoms with E-state index >= 15 is 0 Å². The highest BCUT2D eigenvalue weighted by Crippen LogP contribution is 2.38. The van der Waals surface area contributed by atoms with Crippen LogP contribution in [0.1, 0.15) is 17.3 Å². The minimum absolute atomic E-state index is 0.0804. The molecule has 1 heterocycles. The van der Waals surface area contributed by atoms with Crippen LogP contribution in [0.15, 0.2) is 36.4 Å². The van der Waals surface area contributed by atoms with Gasteiger partial charge in [-0.2, -0.15) is 0 Å². The van der Waals surface area contributed by atoms with Gasteiger partial charge in [0.2, 0.25) is 5.91 Å². The highest BCUT2D eigenvalue weighted by Gasteiger charge is 2.36. The molecule has 1 atom stereocenters. The second-order valence-electron chi connectivity index (χ2n) is 5.26. The molecule has 102 valence electrons. The van der Waals surface area contributed by atoms with E-state index < -0.39 is 6.04 Å². The van der Waals surface area contributed by atoms with Crippen LogP contribution >= 0.6 is 0 Å². The van der Waals surface area contributed by atoms with Gasteiger partial charge in [-0.25, -0.2) is 0 Å². The van der Waals surface area contributed by atoms with Gasteiger partial charge in [0.15, 0.2) is 0 Å². The van der Waals surface area contributed by atoms with Crippen LogP contribution in [0.2, 0.25) is 0 Å². The zero-order valence-electron chi connectivity index (χ0n) is 11.8. The molecule has 4 nitrogen and oxygen atoms in total. The molecule has 20 heavy (non-hydrogen) atoms. The van der Waals surface area contributed by atoms with E-state index in [0.717, 1.165) is 16.5 Å². The molecular weight excluding hydrogens is 252 g/mol. The number of anilines is 1. The van der Waals surface area contributed by atoms with Crippen molar-refractivity contribution in [3.05, 3.63) is 42.0 Å². The lowest BCUT2D eigenvalue weighted by molar-refractivity contribution is -0.129. The van der Waals surface area contributed by atoms with Crippen molar-refractivity contribution in [2.45, 2.75) is 13.0 Å². The van der Waals surface area contributed by atoms with Crippen LogP contribution in [0.3, 0.4) is 0 Å². The number of carbonyl (C=O) groups excluding carboxylic acids is 2. The molecule has 4 heteroatoms. The van der Waals surface area contributed by atoms with Gasteiger partial charge in [0.25, 0.3) is 5.91 Å². The first-order valence-electron chi connectivity index (χ1n) is 6.59. The average Bonchev–Trinajstić information content (AvgIpc) is 2.73. The van der Waals surface area contributed by atoms with Gasteiger partial charge in [-0.15, -0.1) is 0 Å². The molecular formula is C16H16N2O2. The number of amides is 2. The summed E-state index contributed by atoms with van der Waals surface area (Å²) in [7, 11) is 3.40. The van der Waals surface area contributed by atoms with Gasteiger partial charge in [-0.3, -0.25) is 14.5 Å². The second kappa shape index (κ2) is 4.34. The Kier molecular flexibility index (Phi) is 2.74. The Morgan fingerprint density at radius 2 is 1.80 bits per heavy atom. The zero-order valence-corrected chi connectivity index (χ0v) is 11.8. The lowest BCUT2D eigenvalue weighted by atomic mass is 10.1. The van der Waals surface area contributed by atoms with Crippen molar-refractivity contribution >= 4 is 28.3 Å². The summed E-state index contributed by atoms with van der Waals surface area (Å²) in [6, 6.07) is 11.0. The van der Waals surface area contributed by atoms with Gasteiger partial charge in [-0.05, 0) is 24.4 Å². The summed E-state index contributed by atoms with van der Waals surface area (Å²) in [6.07, 6.45) is 0. The molecule has 1 aliphatic heterocycles. The van der Waals surface area contributed by atoms with Crippen molar-refractivity contribution < 1.29 is 9.59 Å². The third-order valence-electron chi connectivity index (χ3n) is 3.78. The van der Waals surface area contributed by atoms with E-state index in [-0.39, 0.29) is 11.8 Å². The van der Waals surface area contributed by atoms with Crippen molar-refractivity contribution in [2.24, 2.45) is 0 Å². The Morgan fingerprint density at radius 3 is 2.45 bits per heavy atom. The number of hydrogen-bond donors (Lipinski definition) is 0. The quantitative estimate of drug-likeness (QED) is 0.838. The number of nitrogens with zero attached hydrogens (tertiary/aromatic N) is 2. The van der Waals surface area contributed by atoms with E-state index in [1.165, 1.54) is 4.90 Å². The summed E-state index contributed by atoms with van der Waals surface area (Å²) < 4.78 is 0. The largest absolute Gasteiger partial charge is 0.347 e. The van der Waals surface area contributed by atoms with Crippen LogP contribution in [0.25, 0.3) is 10.8 Å². The topological polar surface area (TPSA) is 40.6 Å². The maximum Gasteiger partial charge on any atom is 0.259 e. The molecule has 0 saturated carbocycles. The molecule has 0 aliphatic carbocycles. The highest BCUT2D eigenvalue weighted by atomic mass is 16.2. The SMILES string of the molecule is C[C@H](C(=O)N(C)C)N1C(=O)c2cccc3cccc1c23. The molecule has 3 rings (SSSR count). The number of carbonyl (C=O) groups is 2. The molecule has 0 unspecified atom stereocenters. The predicted molar refractivity (Wildman–Crippen MR) is 78.9 cm³/mol. The molecule has 2 amide bonds. The van der Waals surface area contributed by atoms with Crippen molar-refractivity contribution in [3.8, 4) is 0 Å². The Labute approximate surface area is 117 Å². The van der Waals surface area contributed by atoms with Gasteiger partial charge < -0.3 is 4.90 Å².